The molecule has 0 spiro atoms. The number of amides is 1. The molecule has 0 bridgehead atoms. The lowest BCUT2D eigenvalue weighted by molar-refractivity contribution is -0.141. The molecule has 2 atom stereocenters. The van der Waals surface area contributed by atoms with Gasteiger partial charge in [0.05, 0.1) is 0 Å². The van der Waals surface area contributed by atoms with Crippen molar-refractivity contribution >= 4 is 17.2 Å². The number of piperidine rings is 2. The number of carbonyl (C=O) groups is 1. The Morgan fingerprint density at radius 3 is 3.00 bits per heavy atom. The number of hydrogen-bond donors (Lipinski definition) is 1. The summed E-state index contributed by atoms with van der Waals surface area (Å²) >= 11 is 1.83. The number of thiophene rings is 1. The molecule has 0 saturated carbocycles. The average molecular weight is 322 g/mol. The highest BCUT2D eigenvalue weighted by Gasteiger charge is 2.38. The van der Waals surface area contributed by atoms with Crippen molar-refractivity contribution < 1.29 is 9.90 Å². The Morgan fingerprint density at radius 1 is 1.32 bits per heavy atom. The minimum atomic E-state index is 0.227. The summed E-state index contributed by atoms with van der Waals surface area (Å²) in [5.74, 6) is 0.950. The van der Waals surface area contributed by atoms with E-state index in [-0.39, 0.29) is 6.61 Å². The monoisotopic (exact) mass is 322 g/mol. The molecule has 3 heterocycles. The van der Waals surface area contributed by atoms with Crippen LogP contribution in [-0.4, -0.2) is 53.1 Å². The first-order chi connectivity index (χ1) is 10.8. The Balaban J connectivity index is 1.57. The third-order valence-corrected chi connectivity index (χ3v) is 5.86. The van der Waals surface area contributed by atoms with Gasteiger partial charge in [-0.2, -0.15) is 0 Å². The van der Waals surface area contributed by atoms with E-state index in [9.17, 15) is 4.79 Å². The first-order valence-corrected chi connectivity index (χ1v) is 9.31. The molecule has 122 valence electrons. The van der Waals surface area contributed by atoms with Crippen molar-refractivity contribution in [2.75, 3.05) is 26.2 Å². The van der Waals surface area contributed by atoms with Crippen molar-refractivity contribution in [2.24, 2.45) is 5.92 Å². The van der Waals surface area contributed by atoms with Crippen LogP contribution in [0.15, 0.2) is 17.5 Å². The van der Waals surface area contributed by atoms with Crippen LogP contribution >= 0.6 is 11.3 Å². The average Bonchev–Trinajstić information content (AvgIpc) is 3.02. The van der Waals surface area contributed by atoms with E-state index in [4.69, 9.17) is 5.11 Å². The highest BCUT2D eigenvalue weighted by Crippen LogP contribution is 2.32. The summed E-state index contributed by atoms with van der Waals surface area (Å²) < 4.78 is 0. The number of carbonyl (C=O) groups excluding carboxylic acids is 1. The molecule has 2 aliphatic rings. The molecule has 1 amide bonds. The second kappa shape index (κ2) is 7.57. The Bertz CT molecular complexity index is 477. The van der Waals surface area contributed by atoms with Crippen LogP contribution in [0.25, 0.3) is 0 Å². The summed E-state index contributed by atoms with van der Waals surface area (Å²) in [6.45, 7) is 4.31. The largest absolute Gasteiger partial charge is 0.396 e. The second-order valence-electron chi connectivity index (χ2n) is 6.49. The fraction of sp³-hybridized carbons (Fsp3) is 0.706. The molecule has 4 nitrogen and oxygen atoms in total. The van der Waals surface area contributed by atoms with Gasteiger partial charge in [0.15, 0.2) is 0 Å². The van der Waals surface area contributed by atoms with Crippen LogP contribution in [0.4, 0.5) is 0 Å². The molecule has 2 saturated heterocycles. The SMILES string of the molecule is O=C1CC[C@H]2CN(Cc3cccs3)CC[C@H]2N1CCCCO. The van der Waals surface area contributed by atoms with E-state index in [2.05, 4.69) is 27.3 Å². The van der Waals surface area contributed by atoms with Crippen molar-refractivity contribution in [1.82, 2.24) is 9.80 Å². The second-order valence-corrected chi connectivity index (χ2v) is 7.52. The molecule has 2 aliphatic heterocycles. The fourth-order valence-corrected chi connectivity index (χ4v) is 4.62. The summed E-state index contributed by atoms with van der Waals surface area (Å²) in [5.41, 5.74) is 0. The van der Waals surface area contributed by atoms with Crippen molar-refractivity contribution in [3.8, 4) is 0 Å². The Labute approximate surface area is 136 Å². The summed E-state index contributed by atoms with van der Waals surface area (Å²) in [6, 6.07) is 4.76. The van der Waals surface area contributed by atoms with Gasteiger partial charge in [-0.1, -0.05) is 6.07 Å². The smallest absolute Gasteiger partial charge is 0.222 e. The van der Waals surface area contributed by atoms with Gasteiger partial charge < -0.3 is 10.0 Å². The van der Waals surface area contributed by atoms with E-state index in [1.807, 2.05) is 11.3 Å². The van der Waals surface area contributed by atoms with Gasteiger partial charge in [0.2, 0.25) is 5.91 Å². The lowest BCUT2D eigenvalue weighted by atomic mass is 9.83. The lowest BCUT2D eigenvalue weighted by Crippen LogP contribution is -2.55. The third-order valence-electron chi connectivity index (χ3n) is 4.99. The maximum absolute atomic E-state index is 12.2. The molecule has 3 rings (SSSR count). The minimum absolute atomic E-state index is 0.227. The molecule has 0 radical (unpaired) electrons. The van der Waals surface area contributed by atoms with Gasteiger partial charge in [-0.3, -0.25) is 9.69 Å². The lowest BCUT2D eigenvalue weighted by Gasteiger charge is -2.47. The number of rotatable bonds is 6. The molecule has 0 aromatic carbocycles. The highest BCUT2D eigenvalue weighted by molar-refractivity contribution is 7.09. The van der Waals surface area contributed by atoms with Gasteiger partial charge in [-0.25, -0.2) is 0 Å². The maximum Gasteiger partial charge on any atom is 0.222 e. The van der Waals surface area contributed by atoms with Crippen molar-refractivity contribution in [1.29, 1.82) is 0 Å². The van der Waals surface area contributed by atoms with Crippen molar-refractivity contribution in [2.45, 2.75) is 44.7 Å². The Morgan fingerprint density at radius 2 is 2.23 bits per heavy atom. The number of hydrogen-bond acceptors (Lipinski definition) is 4. The highest BCUT2D eigenvalue weighted by atomic mass is 32.1. The summed E-state index contributed by atoms with van der Waals surface area (Å²) in [5, 5.41) is 11.1. The minimum Gasteiger partial charge on any atom is -0.396 e. The third kappa shape index (κ3) is 3.70. The number of aliphatic hydroxyl groups is 1. The van der Waals surface area contributed by atoms with Gasteiger partial charge in [0.1, 0.15) is 0 Å². The molecule has 0 aliphatic carbocycles. The van der Waals surface area contributed by atoms with Crippen LogP contribution in [0.1, 0.15) is 37.0 Å². The number of likely N-dealkylation sites (tertiary alicyclic amines) is 2. The van der Waals surface area contributed by atoms with E-state index in [1.54, 1.807) is 0 Å². The molecule has 1 aromatic rings. The standard InChI is InChI=1S/C17H26N2O2S/c20-10-2-1-8-19-16-7-9-18(13-15-4-3-11-22-15)12-14(16)5-6-17(19)21/h3-4,11,14,16,20H,1-2,5-10,12-13H2/t14-,16+/m0/s1. The van der Waals surface area contributed by atoms with E-state index in [0.717, 1.165) is 51.9 Å². The molecule has 5 heteroatoms. The number of fused-ring (bicyclic) bond motifs is 1. The first-order valence-electron chi connectivity index (χ1n) is 8.43. The molecule has 1 N–H and O–H groups in total. The molecule has 0 unspecified atom stereocenters. The predicted molar refractivity (Wildman–Crippen MR) is 88.8 cm³/mol. The van der Waals surface area contributed by atoms with Crippen LogP contribution < -0.4 is 0 Å². The molecular formula is C17H26N2O2S. The van der Waals surface area contributed by atoms with E-state index >= 15 is 0 Å². The molecule has 2 fully saturated rings. The normalized spacial score (nSPS) is 26.2. The van der Waals surface area contributed by atoms with Crippen LogP contribution in [-0.2, 0) is 11.3 Å². The van der Waals surface area contributed by atoms with Crippen LogP contribution in [0, 0.1) is 5.92 Å². The topological polar surface area (TPSA) is 43.8 Å². The zero-order chi connectivity index (χ0) is 15.4. The van der Waals surface area contributed by atoms with Gasteiger partial charge in [0.25, 0.3) is 0 Å². The van der Waals surface area contributed by atoms with Crippen molar-refractivity contribution in [3.63, 3.8) is 0 Å². The van der Waals surface area contributed by atoms with Gasteiger partial charge >= 0.3 is 0 Å². The van der Waals surface area contributed by atoms with E-state index in [1.165, 1.54) is 4.88 Å². The van der Waals surface area contributed by atoms with Crippen molar-refractivity contribution in [3.05, 3.63) is 22.4 Å². The van der Waals surface area contributed by atoms with Gasteiger partial charge in [-0.05, 0) is 43.0 Å². The van der Waals surface area contributed by atoms with E-state index < -0.39 is 0 Å². The number of nitrogens with zero attached hydrogens (tertiary/aromatic N) is 2. The van der Waals surface area contributed by atoms with Crippen LogP contribution in [0.3, 0.4) is 0 Å². The maximum atomic E-state index is 12.2. The quantitative estimate of drug-likeness (QED) is 0.818. The van der Waals surface area contributed by atoms with Crippen LogP contribution in [0.2, 0.25) is 0 Å². The van der Waals surface area contributed by atoms with Gasteiger partial charge in [-0.15, -0.1) is 11.3 Å². The molecule has 22 heavy (non-hydrogen) atoms. The zero-order valence-corrected chi connectivity index (χ0v) is 13.9. The number of aliphatic hydroxyl groups excluding tert-OH is 1. The Kier molecular flexibility index (Phi) is 5.50. The molecule has 1 aromatic heterocycles. The molecular weight excluding hydrogens is 296 g/mol. The summed E-state index contributed by atoms with van der Waals surface area (Å²) in [7, 11) is 0. The predicted octanol–water partition coefficient (Wildman–Crippen LogP) is 2.33. The van der Waals surface area contributed by atoms with E-state index in [0.29, 0.717) is 24.3 Å². The summed E-state index contributed by atoms with van der Waals surface area (Å²) in [6.07, 6.45) is 4.56. The fourth-order valence-electron chi connectivity index (χ4n) is 3.88. The Hall–Kier alpha value is -0.910. The summed E-state index contributed by atoms with van der Waals surface area (Å²) in [4.78, 5) is 18.3. The number of unbranched alkanes of at least 4 members (excludes halogenated alkanes) is 1. The van der Waals surface area contributed by atoms with Gasteiger partial charge in [0, 0.05) is 50.1 Å². The first kappa shape index (κ1) is 16.0. The zero-order valence-electron chi connectivity index (χ0n) is 13.1. The van der Waals surface area contributed by atoms with Crippen LogP contribution in [0.5, 0.6) is 0 Å².